The lowest BCUT2D eigenvalue weighted by atomic mass is 10.1. The number of hydrogen-bond acceptors (Lipinski definition) is 5. The minimum atomic E-state index is -0.408. The van der Waals surface area contributed by atoms with Gasteiger partial charge >= 0.3 is 0 Å². The van der Waals surface area contributed by atoms with Gasteiger partial charge in [-0.1, -0.05) is 66.7 Å². The van der Waals surface area contributed by atoms with Crippen LogP contribution in [0.1, 0.15) is 21.5 Å². The molecule has 1 aliphatic heterocycles. The number of nitrogens with zero attached hydrogens (tertiary/aromatic N) is 1. The average molecular weight is 495 g/mol. The molecule has 7 heteroatoms. The third-order valence-electron chi connectivity index (χ3n) is 5.62. The van der Waals surface area contributed by atoms with Crippen LogP contribution in [0.3, 0.4) is 0 Å². The summed E-state index contributed by atoms with van der Waals surface area (Å²) in [6.45, 7) is 0.395. The van der Waals surface area contributed by atoms with Crippen molar-refractivity contribution in [1.82, 2.24) is 5.32 Å². The first-order valence-electron chi connectivity index (χ1n) is 11.3. The smallest absolute Gasteiger partial charge is 0.279 e. The van der Waals surface area contributed by atoms with E-state index < -0.39 is 5.91 Å². The SMILES string of the molecule is COc1cc(/C=C2\SC(=NC(=O)c3ccccc3)NC2=O)ccc1OCc1cccc2ccccc12. The van der Waals surface area contributed by atoms with E-state index >= 15 is 0 Å². The molecule has 0 unspecified atom stereocenters. The molecule has 0 aliphatic carbocycles. The number of hydrogen-bond donors (Lipinski definition) is 1. The molecular weight excluding hydrogens is 472 g/mol. The Hall–Kier alpha value is -4.36. The summed E-state index contributed by atoms with van der Waals surface area (Å²) in [7, 11) is 1.58. The summed E-state index contributed by atoms with van der Waals surface area (Å²) in [5, 5.41) is 5.21. The van der Waals surface area contributed by atoms with Gasteiger partial charge in [-0.25, -0.2) is 0 Å². The van der Waals surface area contributed by atoms with Gasteiger partial charge in [-0.3, -0.25) is 9.59 Å². The van der Waals surface area contributed by atoms with Gasteiger partial charge < -0.3 is 14.8 Å². The highest BCUT2D eigenvalue weighted by Gasteiger charge is 2.25. The van der Waals surface area contributed by atoms with Gasteiger partial charge in [0.15, 0.2) is 16.7 Å². The molecule has 1 aliphatic rings. The summed E-state index contributed by atoms with van der Waals surface area (Å²) in [5.41, 5.74) is 2.30. The summed E-state index contributed by atoms with van der Waals surface area (Å²) < 4.78 is 11.6. The van der Waals surface area contributed by atoms with Crippen molar-refractivity contribution in [3.63, 3.8) is 0 Å². The first kappa shape index (κ1) is 23.4. The van der Waals surface area contributed by atoms with Crippen LogP contribution in [0.25, 0.3) is 16.8 Å². The van der Waals surface area contributed by atoms with Gasteiger partial charge in [0.25, 0.3) is 11.8 Å². The Labute approximate surface area is 212 Å². The number of fused-ring (bicyclic) bond motifs is 1. The molecule has 0 radical (unpaired) electrons. The van der Waals surface area contributed by atoms with Gasteiger partial charge in [-0.15, -0.1) is 0 Å². The molecule has 0 atom stereocenters. The molecule has 1 fully saturated rings. The second-order valence-corrected chi connectivity index (χ2v) is 9.02. The highest BCUT2D eigenvalue weighted by Crippen LogP contribution is 2.32. The molecule has 4 aromatic carbocycles. The number of aliphatic imine (C=N–C) groups is 1. The van der Waals surface area contributed by atoms with E-state index in [4.69, 9.17) is 9.47 Å². The van der Waals surface area contributed by atoms with Crippen molar-refractivity contribution < 1.29 is 19.1 Å². The van der Waals surface area contributed by atoms with E-state index in [0.717, 1.165) is 33.7 Å². The minimum Gasteiger partial charge on any atom is -0.493 e. The second kappa shape index (κ2) is 10.5. The van der Waals surface area contributed by atoms with E-state index in [0.29, 0.717) is 28.6 Å². The van der Waals surface area contributed by atoms with E-state index in [1.165, 1.54) is 0 Å². The minimum absolute atomic E-state index is 0.252. The van der Waals surface area contributed by atoms with Crippen molar-refractivity contribution in [3.8, 4) is 11.5 Å². The standard InChI is InChI=1S/C29H22N2O4S/c1-34-25-16-19(14-15-24(25)35-18-22-12-7-11-20-8-5-6-13-23(20)22)17-26-28(33)31-29(36-26)30-27(32)21-9-3-2-4-10-21/h2-17H,18H2,1H3,(H,30,31,32,33)/b26-17-. The third kappa shape index (κ3) is 5.16. The quantitative estimate of drug-likeness (QED) is 0.342. The summed E-state index contributed by atoms with van der Waals surface area (Å²) in [5.74, 6) is 0.442. The molecule has 1 N–H and O–H groups in total. The van der Waals surface area contributed by atoms with Crippen LogP contribution in [0.2, 0.25) is 0 Å². The maximum absolute atomic E-state index is 12.4. The number of carbonyl (C=O) groups excluding carboxylic acids is 2. The van der Waals surface area contributed by atoms with Crippen LogP contribution >= 0.6 is 11.8 Å². The van der Waals surface area contributed by atoms with Crippen LogP contribution in [-0.4, -0.2) is 24.1 Å². The number of amidine groups is 1. The van der Waals surface area contributed by atoms with E-state index in [1.54, 1.807) is 37.5 Å². The summed E-state index contributed by atoms with van der Waals surface area (Å²) >= 11 is 1.12. The molecule has 178 valence electrons. The number of amides is 2. The lowest BCUT2D eigenvalue weighted by Gasteiger charge is -2.13. The van der Waals surface area contributed by atoms with Gasteiger partial charge in [-0.2, -0.15) is 4.99 Å². The van der Waals surface area contributed by atoms with Crippen molar-refractivity contribution in [2.75, 3.05) is 7.11 Å². The number of thioether (sulfide) groups is 1. The first-order valence-corrected chi connectivity index (χ1v) is 12.1. The highest BCUT2D eigenvalue weighted by molar-refractivity contribution is 8.18. The fourth-order valence-corrected chi connectivity index (χ4v) is 4.66. The van der Waals surface area contributed by atoms with Crippen molar-refractivity contribution in [2.45, 2.75) is 6.61 Å². The van der Waals surface area contributed by atoms with Crippen LogP contribution < -0.4 is 14.8 Å². The van der Waals surface area contributed by atoms with Gasteiger partial charge in [0.05, 0.1) is 12.0 Å². The monoisotopic (exact) mass is 494 g/mol. The summed E-state index contributed by atoms with van der Waals surface area (Å²) in [6.07, 6.45) is 1.73. The molecule has 2 amide bonds. The number of benzene rings is 4. The Kier molecular flexibility index (Phi) is 6.82. The topological polar surface area (TPSA) is 77.0 Å². The molecule has 6 nitrogen and oxygen atoms in total. The number of rotatable bonds is 6. The predicted molar refractivity (Wildman–Crippen MR) is 143 cm³/mol. The number of carbonyl (C=O) groups is 2. The van der Waals surface area contributed by atoms with Crippen LogP contribution in [-0.2, 0) is 11.4 Å². The second-order valence-electron chi connectivity index (χ2n) is 7.99. The normalized spacial score (nSPS) is 15.3. The molecule has 4 aromatic rings. The number of methoxy groups -OCH3 is 1. The Morgan fingerprint density at radius 3 is 2.56 bits per heavy atom. The zero-order chi connectivity index (χ0) is 24.9. The Balaban J connectivity index is 1.31. The molecule has 0 bridgehead atoms. The Morgan fingerprint density at radius 1 is 0.944 bits per heavy atom. The van der Waals surface area contributed by atoms with E-state index in [1.807, 2.05) is 48.5 Å². The Morgan fingerprint density at radius 2 is 1.72 bits per heavy atom. The average Bonchev–Trinajstić information content (AvgIpc) is 3.26. The van der Waals surface area contributed by atoms with Gasteiger partial charge in [0.2, 0.25) is 0 Å². The number of ether oxygens (including phenoxy) is 2. The molecule has 36 heavy (non-hydrogen) atoms. The van der Waals surface area contributed by atoms with Gasteiger partial charge in [0, 0.05) is 5.56 Å². The lowest BCUT2D eigenvalue weighted by Crippen LogP contribution is -2.20. The van der Waals surface area contributed by atoms with Crippen LogP contribution in [0.15, 0.2) is 101 Å². The van der Waals surface area contributed by atoms with Gasteiger partial charge in [-0.05, 0) is 64.0 Å². The molecule has 0 saturated carbocycles. The van der Waals surface area contributed by atoms with Crippen LogP contribution in [0.4, 0.5) is 0 Å². The fourth-order valence-electron chi connectivity index (χ4n) is 3.84. The molecule has 0 aromatic heterocycles. The fraction of sp³-hybridized carbons (Fsp3) is 0.0690. The lowest BCUT2D eigenvalue weighted by molar-refractivity contribution is -0.115. The van der Waals surface area contributed by atoms with Crippen molar-refractivity contribution >= 4 is 45.6 Å². The zero-order valence-electron chi connectivity index (χ0n) is 19.4. The van der Waals surface area contributed by atoms with E-state index in [2.05, 4.69) is 28.5 Å². The van der Waals surface area contributed by atoms with E-state index in [-0.39, 0.29) is 11.1 Å². The molecular formula is C29H22N2O4S. The van der Waals surface area contributed by atoms with Gasteiger partial charge in [0.1, 0.15) is 6.61 Å². The summed E-state index contributed by atoms with van der Waals surface area (Å²) in [6, 6.07) is 28.5. The zero-order valence-corrected chi connectivity index (χ0v) is 20.2. The molecule has 0 spiro atoms. The predicted octanol–water partition coefficient (Wildman–Crippen LogP) is 5.83. The number of nitrogens with one attached hydrogen (secondary N) is 1. The highest BCUT2D eigenvalue weighted by atomic mass is 32.2. The first-order chi connectivity index (χ1) is 17.6. The maximum atomic E-state index is 12.4. The van der Waals surface area contributed by atoms with Crippen molar-refractivity contribution in [2.24, 2.45) is 4.99 Å². The van der Waals surface area contributed by atoms with Crippen LogP contribution in [0.5, 0.6) is 11.5 Å². The molecule has 1 saturated heterocycles. The molecule has 1 heterocycles. The van der Waals surface area contributed by atoms with Crippen molar-refractivity contribution in [3.05, 3.63) is 113 Å². The van der Waals surface area contributed by atoms with Crippen LogP contribution in [0, 0.1) is 0 Å². The summed E-state index contributed by atoms with van der Waals surface area (Å²) in [4.78, 5) is 29.2. The van der Waals surface area contributed by atoms with Crippen molar-refractivity contribution in [1.29, 1.82) is 0 Å². The maximum Gasteiger partial charge on any atom is 0.279 e. The Bertz CT molecular complexity index is 1510. The molecule has 5 rings (SSSR count). The third-order valence-corrected chi connectivity index (χ3v) is 6.53. The largest absolute Gasteiger partial charge is 0.493 e. The van der Waals surface area contributed by atoms with E-state index in [9.17, 15) is 9.59 Å².